The minimum absolute atomic E-state index is 0.0849. The van der Waals surface area contributed by atoms with Crippen molar-refractivity contribution in [3.63, 3.8) is 0 Å². The number of Topliss-reactive ketones (excluding diaryl/α,β-unsaturated/α-hetero) is 1. The predicted octanol–water partition coefficient (Wildman–Crippen LogP) is 3.46. The third-order valence-corrected chi connectivity index (χ3v) is 3.53. The van der Waals surface area contributed by atoms with E-state index in [2.05, 4.69) is 0 Å². The average Bonchev–Trinajstić information content (AvgIpc) is 2.55. The van der Waals surface area contributed by atoms with Gasteiger partial charge in [0, 0.05) is 6.42 Å². The van der Waals surface area contributed by atoms with Gasteiger partial charge in [0.1, 0.15) is 5.78 Å². The van der Waals surface area contributed by atoms with Crippen molar-refractivity contribution in [2.45, 2.75) is 32.8 Å². The van der Waals surface area contributed by atoms with Gasteiger partial charge < -0.3 is 9.05 Å². The minimum atomic E-state index is -1.44. The largest absolute Gasteiger partial charge is 0.463 e. The Labute approximate surface area is 102 Å². The van der Waals surface area contributed by atoms with Crippen LogP contribution in [-0.2, 0) is 9.32 Å². The molecule has 0 unspecified atom stereocenters. The van der Waals surface area contributed by atoms with Gasteiger partial charge >= 0.3 is 8.60 Å². The van der Waals surface area contributed by atoms with Gasteiger partial charge in [0.2, 0.25) is 0 Å². The highest BCUT2D eigenvalue weighted by atomic mass is 31.2. The van der Waals surface area contributed by atoms with Gasteiger partial charge in [-0.05, 0) is 32.9 Å². The summed E-state index contributed by atoms with van der Waals surface area (Å²) < 4.78 is 16.8. The summed E-state index contributed by atoms with van der Waals surface area (Å²) in [5.41, 5.74) is -0.570. The standard InChI is InChI=1S/C12H15O4P/c1-9(13)8-12(2,3)16-17-14-10-6-4-5-7-11(10)15-17/h4-7H,8H2,1-3H3. The molecule has 92 valence electrons. The molecule has 0 spiro atoms. The molecule has 5 heteroatoms. The van der Waals surface area contributed by atoms with E-state index in [1.807, 2.05) is 38.1 Å². The van der Waals surface area contributed by atoms with E-state index >= 15 is 0 Å². The Balaban J connectivity index is 1.98. The molecule has 0 aromatic heterocycles. The van der Waals surface area contributed by atoms with Gasteiger partial charge in [-0.2, -0.15) is 0 Å². The van der Waals surface area contributed by atoms with Gasteiger partial charge in [-0.25, -0.2) is 0 Å². The Morgan fingerprint density at radius 2 is 1.82 bits per heavy atom. The Morgan fingerprint density at radius 3 is 2.29 bits per heavy atom. The third kappa shape index (κ3) is 3.18. The molecule has 1 aliphatic rings. The fourth-order valence-electron chi connectivity index (χ4n) is 1.65. The van der Waals surface area contributed by atoms with Crippen molar-refractivity contribution < 1.29 is 18.4 Å². The Kier molecular flexibility index (Phi) is 3.36. The molecule has 1 aliphatic heterocycles. The smallest absolute Gasteiger partial charge is 0.414 e. The summed E-state index contributed by atoms with van der Waals surface area (Å²) in [5.74, 6) is 1.47. The summed E-state index contributed by atoms with van der Waals surface area (Å²) in [6.45, 7) is 5.25. The van der Waals surface area contributed by atoms with Gasteiger partial charge in [0.05, 0.1) is 5.60 Å². The molecular formula is C12H15O4P. The molecular weight excluding hydrogens is 239 g/mol. The SMILES string of the molecule is CC(=O)CC(C)(C)OP1Oc2ccccc2O1. The topological polar surface area (TPSA) is 44.8 Å². The molecule has 0 N–H and O–H groups in total. The quantitative estimate of drug-likeness (QED) is 0.772. The second kappa shape index (κ2) is 4.63. The van der Waals surface area contributed by atoms with Crippen molar-refractivity contribution >= 4 is 14.4 Å². The highest BCUT2D eigenvalue weighted by Crippen LogP contribution is 2.54. The molecule has 17 heavy (non-hydrogen) atoms. The first-order chi connectivity index (χ1) is 7.96. The maximum Gasteiger partial charge on any atom is 0.463 e. The number of ketones is 1. The Morgan fingerprint density at radius 1 is 1.29 bits per heavy atom. The highest BCUT2D eigenvalue weighted by molar-refractivity contribution is 7.43. The summed E-state index contributed by atoms with van der Waals surface area (Å²) in [6, 6.07) is 7.42. The van der Waals surface area contributed by atoms with Crippen molar-refractivity contribution in [3.05, 3.63) is 24.3 Å². The summed E-state index contributed by atoms with van der Waals surface area (Å²) in [5, 5.41) is 0. The van der Waals surface area contributed by atoms with Gasteiger partial charge in [-0.15, -0.1) is 0 Å². The monoisotopic (exact) mass is 254 g/mol. The van der Waals surface area contributed by atoms with E-state index in [9.17, 15) is 4.79 Å². The van der Waals surface area contributed by atoms with Crippen LogP contribution < -0.4 is 9.05 Å². The van der Waals surface area contributed by atoms with E-state index in [-0.39, 0.29) is 5.78 Å². The summed E-state index contributed by atoms with van der Waals surface area (Å²) in [6.07, 6.45) is 0.342. The first-order valence-electron chi connectivity index (χ1n) is 5.40. The van der Waals surface area contributed by atoms with Crippen molar-refractivity contribution in [2.24, 2.45) is 0 Å². The van der Waals surface area contributed by atoms with Crippen LogP contribution in [-0.4, -0.2) is 11.4 Å². The van der Waals surface area contributed by atoms with E-state index in [4.69, 9.17) is 13.6 Å². The zero-order chi connectivity index (χ0) is 12.5. The van der Waals surface area contributed by atoms with Gasteiger partial charge in [0.25, 0.3) is 0 Å². The molecule has 0 saturated carbocycles. The Hall–Kier alpha value is -1.12. The molecule has 0 amide bonds. The molecule has 1 heterocycles. The molecule has 0 bridgehead atoms. The van der Waals surface area contributed by atoms with Crippen molar-refractivity contribution in [1.29, 1.82) is 0 Å². The summed E-state index contributed by atoms with van der Waals surface area (Å²) >= 11 is 0. The van der Waals surface area contributed by atoms with Crippen molar-refractivity contribution in [1.82, 2.24) is 0 Å². The molecule has 0 fully saturated rings. The zero-order valence-corrected chi connectivity index (χ0v) is 11.0. The van der Waals surface area contributed by atoms with Crippen LogP contribution >= 0.6 is 8.60 Å². The van der Waals surface area contributed by atoms with E-state index in [0.29, 0.717) is 17.9 Å². The van der Waals surface area contributed by atoms with Crippen LogP contribution in [0.4, 0.5) is 0 Å². The summed E-state index contributed by atoms with van der Waals surface area (Å²) in [4.78, 5) is 11.1. The lowest BCUT2D eigenvalue weighted by atomic mass is 10.0. The van der Waals surface area contributed by atoms with Crippen LogP contribution in [0.5, 0.6) is 11.5 Å². The molecule has 1 aromatic carbocycles. The number of hydrogen-bond acceptors (Lipinski definition) is 4. The molecule has 4 nitrogen and oxygen atoms in total. The van der Waals surface area contributed by atoms with E-state index < -0.39 is 14.2 Å². The number of benzene rings is 1. The second-order valence-corrected chi connectivity index (χ2v) is 5.58. The number of carbonyl (C=O) groups excluding carboxylic acids is 1. The normalized spacial score (nSPS) is 15.0. The highest BCUT2D eigenvalue weighted by Gasteiger charge is 2.34. The lowest BCUT2D eigenvalue weighted by Crippen LogP contribution is -2.26. The number of fused-ring (bicyclic) bond motifs is 1. The number of rotatable bonds is 4. The van der Waals surface area contributed by atoms with Crippen LogP contribution in [0.1, 0.15) is 27.2 Å². The maximum atomic E-state index is 11.1. The average molecular weight is 254 g/mol. The predicted molar refractivity (Wildman–Crippen MR) is 65.1 cm³/mol. The van der Waals surface area contributed by atoms with Crippen LogP contribution in [0.2, 0.25) is 0 Å². The molecule has 0 aliphatic carbocycles. The van der Waals surface area contributed by atoms with Gasteiger partial charge in [-0.3, -0.25) is 9.32 Å². The van der Waals surface area contributed by atoms with E-state index in [0.717, 1.165) is 0 Å². The molecule has 0 saturated heterocycles. The number of carbonyl (C=O) groups is 1. The number of hydrogen-bond donors (Lipinski definition) is 0. The fourth-order valence-corrected chi connectivity index (χ4v) is 2.85. The molecule has 2 rings (SSSR count). The second-order valence-electron chi connectivity index (χ2n) is 4.58. The van der Waals surface area contributed by atoms with E-state index in [1.165, 1.54) is 0 Å². The van der Waals surface area contributed by atoms with Crippen LogP contribution in [0, 0.1) is 0 Å². The van der Waals surface area contributed by atoms with Crippen LogP contribution in [0.3, 0.4) is 0 Å². The maximum absolute atomic E-state index is 11.1. The first-order valence-corrected chi connectivity index (χ1v) is 6.49. The Bertz CT molecular complexity index is 405. The van der Waals surface area contributed by atoms with Crippen molar-refractivity contribution in [2.75, 3.05) is 0 Å². The minimum Gasteiger partial charge on any atom is -0.414 e. The van der Waals surface area contributed by atoms with E-state index in [1.54, 1.807) is 6.92 Å². The van der Waals surface area contributed by atoms with Crippen LogP contribution in [0.25, 0.3) is 0 Å². The van der Waals surface area contributed by atoms with Crippen molar-refractivity contribution in [3.8, 4) is 11.5 Å². The lowest BCUT2D eigenvalue weighted by Gasteiger charge is -2.24. The fraction of sp³-hybridized carbons (Fsp3) is 0.417. The zero-order valence-electron chi connectivity index (χ0n) is 10.1. The van der Waals surface area contributed by atoms with Gasteiger partial charge in [-0.1, -0.05) is 12.1 Å². The third-order valence-electron chi connectivity index (χ3n) is 2.19. The molecule has 0 radical (unpaired) electrons. The molecule has 0 atom stereocenters. The lowest BCUT2D eigenvalue weighted by molar-refractivity contribution is -0.120. The van der Waals surface area contributed by atoms with Crippen LogP contribution in [0.15, 0.2) is 24.3 Å². The molecule has 1 aromatic rings. The number of para-hydroxylation sites is 2. The van der Waals surface area contributed by atoms with Gasteiger partial charge in [0.15, 0.2) is 11.5 Å². The first kappa shape index (κ1) is 12.3. The summed E-state index contributed by atoms with van der Waals surface area (Å²) in [7, 11) is -1.44.